The Morgan fingerprint density at radius 1 is 1.19 bits per heavy atom. The number of nitrogens with one attached hydrogen (secondary N) is 3. The van der Waals surface area contributed by atoms with Gasteiger partial charge in [0, 0.05) is 43.5 Å². The molecular formula is C21H32N4O2. The van der Waals surface area contributed by atoms with Gasteiger partial charge in [0.1, 0.15) is 0 Å². The largest absolute Gasteiger partial charge is 0.371 e. The monoisotopic (exact) mass is 372 g/mol. The Morgan fingerprint density at radius 2 is 2.00 bits per heavy atom. The first-order valence-corrected chi connectivity index (χ1v) is 10.4. The summed E-state index contributed by atoms with van der Waals surface area (Å²) in [6.45, 7) is 4.70. The van der Waals surface area contributed by atoms with Crippen molar-refractivity contribution in [3.05, 3.63) is 23.8 Å². The second-order valence-electron chi connectivity index (χ2n) is 7.56. The van der Waals surface area contributed by atoms with Gasteiger partial charge in [-0.1, -0.05) is 25.3 Å². The summed E-state index contributed by atoms with van der Waals surface area (Å²) in [5, 5.41) is 8.86. The third kappa shape index (κ3) is 5.62. The summed E-state index contributed by atoms with van der Waals surface area (Å²) < 4.78 is 0. The molecule has 0 aromatic heterocycles. The Bertz CT molecular complexity index is 656. The van der Waals surface area contributed by atoms with Gasteiger partial charge in [-0.2, -0.15) is 0 Å². The lowest BCUT2D eigenvalue weighted by Gasteiger charge is -2.22. The van der Waals surface area contributed by atoms with Gasteiger partial charge in [0.15, 0.2) is 0 Å². The van der Waals surface area contributed by atoms with E-state index in [-0.39, 0.29) is 11.9 Å². The maximum Gasteiger partial charge on any atom is 0.315 e. The first kappa shape index (κ1) is 19.5. The lowest BCUT2D eigenvalue weighted by molar-refractivity contribution is -0.116. The fraction of sp³-hybridized carbons (Fsp3) is 0.619. The maximum atomic E-state index is 12.2. The van der Waals surface area contributed by atoms with E-state index in [0.29, 0.717) is 25.4 Å². The summed E-state index contributed by atoms with van der Waals surface area (Å²) in [5.74, 6) is -0.00881. The average Bonchev–Trinajstić information content (AvgIpc) is 3.08. The number of rotatable bonds is 7. The summed E-state index contributed by atoms with van der Waals surface area (Å²) in [4.78, 5) is 26.4. The summed E-state index contributed by atoms with van der Waals surface area (Å²) in [6, 6.07) is 6.36. The molecule has 0 spiro atoms. The Hall–Kier alpha value is -2.24. The van der Waals surface area contributed by atoms with Gasteiger partial charge in [-0.3, -0.25) is 4.79 Å². The molecule has 148 valence electrons. The topological polar surface area (TPSA) is 73.5 Å². The number of nitrogens with zero attached hydrogens (tertiary/aromatic N) is 1. The lowest BCUT2D eigenvalue weighted by Crippen LogP contribution is -2.43. The number of urea groups is 1. The minimum absolute atomic E-state index is 0.00881. The molecule has 1 saturated carbocycles. The van der Waals surface area contributed by atoms with Crippen molar-refractivity contribution in [3.63, 3.8) is 0 Å². The molecule has 1 fully saturated rings. The molecule has 0 saturated heterocycles. The van der Waals surface area contributed by atoms with Crippen molar-refractivity contribution in [2.75, 3.05) is 29.9 Å². The van der Waals surface area contributed by atoms with Gasteiger partial charge < -0.3 is 20.9 Å². The van der Waals surface area contributed by atoms with Crippen molar-refractivity contribution in [1.82, 2.24) is 10.6 Å². The standard InChI is InChI=1S/C21H32N4O2/c1-2-25-14-12-16-10-11-18(15-19(16)25)23-20(26)9-6-13-22-21(27)24-17-7-4-3-5-8-17/h10-11,15,17H,2-9,12-14H2,1H3,(H,23,26)(H2,22,24,27). The van der Waals surface area contributed by atoms with Crippen LogP contribution in [0.1, 0.15) is 57.4 Å². The number of fused-ring (bicyclic) bond motifs is 1. The highest BCUT2D eigenvalue weighted by molar-refractivity contribution is 5.91. The smallest absolute Gasteiger partial charge is 0.315 e. The lowest BCUT2D eigenvalue weighted by atomic mass is 9.96. The number of anilines is 2. The van der Waals surface area contributed by atoms with Gasteiger partial charge in [-0.25, -0.2) is 4.79 Å². The minimum atomic E-state index is -0.111. The number of hydrogen-bond acceptors (Lipinski definition) is 3. The molecule has 1 aliphatic heterocycles. The minimum Gasteiger partial charge on any atom is -0.371 e. The van der Waals surface area contributed by atoms with Crippen molar-refractivity contribution < 1.29 is 9.59 Å². The Labute approximate surface area is 162 Å². The summed E-state index contributed by atoms with van der Waals surface area (Å²) in [5.41, 5.74) is 3.43. The van der Waals surface area contributed by atoms with E-state index in [4.69, 9.17) is 0 Å². The zero-order valence-electron chi connectivity index (χ0n) is 16.4. The number of hydrogen-bond donors (Lipinski definition) is 3. The van der Waals surface area contributed by atoms with Crippen LogP contribution < -0.4 is 20.9 Å². The van der Waals surface area contributed by atoms with Crippen molar-refractivity contribution in [2.45, 2.75) is 64.3 Å². The van der Waals surface area contributed by atoms with Crippen LogP contribution in [0.3, 0.4) is 0 Å². The zero-order valence-corrected chi connectivity index (χ0v) is 16.4. The molecule has 27 heavy (non-hydrogen) atoms. The van der Waals surface area contributed by atoms with E-state index in [0.717, 1.165) is 38.0 Å². The zero-order chi connectivity index (χ0) is 19.1. The SMILES string of the molecule is CCN1CCc2ccc(NC(=O)CCCNC(=O)NC3CCCCC3)cc21. The van der Waals surface area contributed by atoms with Crippen LogP contribution in [0.15, 0.2) is 18.2 Å². The van der Waals surface area contributed by atoms with Gasteiger partial charge in [0.25, 0.3) is 0 Å². The molecule has 1 aromatic rings. The number of carbonyl (C=O) groups excluding carboxylic acids is 2. The van der Waals surface area contributed by atoms with Crippen molar-refractivity contribution in [1.29, 1.82) is 0 Å². The van der Waals surface area contributed by atoms with Crippen LogP contribution in [-0.2, 0) is 11.2 Å². The maximum absolute atomic E-state index is 12.2. The Morgan fingerprint density at radius 3 is 2.78 bits per heavy atom. The Balaban J connectivity index is 1.34. The molecule has 6 nitrogen and oxygen atoms in total. The molecule has 3 amide bonds. The molecule has 1 aliphatic carbocycles. The summed E-state index contributed by atoms with van der Waals surface area (Å²) >= 11 is 0. The van der Waals surface area contributed by atoms with Crippen LogP contribution in [0.5, 0.6) is 0 Å². The molecule has 6 heteroatoms. The number of likely N-dealkylation sites (N-methyl/N-ethyl adjacent to an activating group) is 1. The highest BCUT2D eigenvalue weighted by Crippen LogP contribution is 2.30. The van der Waals surface area contributed by atoms with Gasteiger partial charge in [-0.05, 0) is 50.3 Å². The van der Waals surface area contributed by atoms with E-state index in [9.17, 15) is 9.59 Å². The highest BCUT2D eigenvalue weighted by Gasteiger charge is 2.18. The van der Waals surface area contributed by atoms with Crippen molar-refractivity contribution >= 4 is 23.3 Å². The van der Waals surface area contributed by atoms with E-state index < -0.39 is 0 Å². The van der Waals surface area contributed by atoms with Crippen LogP contribution in [0.4, 0.5) is 16.2 Å². The van der Waals surface area contributed by atoms with E-state index in [1.54, 1.807) is 0 Å². The van der Waals surface area contributed by atoms with Crippen LogP contribution in [0, 0.1) is 0 Å². The molecule has 0 atom stereocenters. The molecule has 0 bridgehead atoms. The molecule has 1 heterocycles. The third-order valence-corrected chi connectivity index (χ3v) is 5.55. The second kappa shape index (κ2) is 9.62. The van der Waals surface area contributed by atoms with E-state index in [2.05, 4.69) is 39.9 Å². The fourth-order valence-electron chi connectivity index (χ4n) is 4.01. The van der Waals surface area contributed by atoms with Crippen molar-refractivity contribution in [3.8, 4) is 0 Å². The number of carbonyl (C=O) groups is 2. The first-order chi connectivity index (χ1) is 13.2. The summed E-state index contributed by atoms with van der Waals surface area (Å²) in [6.07, 6.45) is 7.93. The van der Waals surface area contributed by atoms with Gasteiger partial charge in [0.2, 0.25) is 5.91 Å². The molecule has 3 rings (SSSR count). The predicted molar refractivity (Wildman–Crippen MR) is 109 cm³/mol. The second-order valence-corrected chi connectivity index (χ2v) is 7.56. The third-order valence-electron chi connectivity index (χ3n) is 5.55. The molecular weight excluding hydrogens is 340 g/mol. The number of amides is 3. The van der Waals surface area contributed by atoms with Gasteiger partial charge >= 0.3 is 6.03 Å². The number of benzene rings is 1. The predicted octanol–water partition coefficient (Wildman–Crippen LogP) is 3.42. The van der Waals surface area contributed by atoms with E-state index in [1.807, 2.05) is 6.07 Å². The van der Waals surface area contributed by atoms with E-state index >= 15 is 0 Å². The first-order valence-electron chi connectivity index (χ1n) is 10.4. The average molecular weight is 373 g/mol. The van der Waals surface area contributed by atoms with Crippen molar-refractivity contribution in [2.24, 2.45) is 0 Å². The molecule has 0 radical (unpaired) electrons. The van der Waals surface area contributed by atoms with Crippen LogP contribution >= 0.6 is 0 Å². The molecule has 0 unspecified atom stereocenters. The van der Waals surface area contributed by atoms with Crippen LogP contribution in [-0.4, -0.2) is 37.6 Å². The van der Waals surface area contributed by atoms with E-state index in [1.165, 1.54) is 30.5 Å². The summed E-state index contributed by atoms with van der Waals surface area (Å²) in [7, 11) is 0. The van der Waals surface area contributed by atoms with Crippen LogP contribution in [0.25, 0.3) is 0 Å². The van der Waals surface area contributed by atoms with Crippen LogP contribution in [0.2, 0.25) is 0 Å². The van der Waals surface area contributed by atoms with Gasteiger partial charge in [0.05, 0.1) is 0 Å². The van der Waals surface area contributed by atoms with Gasteiger partial charge in [-0.15, -0.1) is 0 Å². The highest BCUT2D eigenvalue weighted by atomic mass is 16.2. The fourth-order valence-corrected chi connectivity index (χ4v) is 4.01. The Kier molecular flexibility index (Phi) is 6.96. The normalized spacial score (nSPS) is 16.7. The molecule has 3 N–H and O–H groups in total. The quantitative estimate of drug-likeness (QED) is 0.642. The molecule has 1 aromatic carbocycles. The molecule has 2 aliphatic rings.